The number of hydrogen-bond donors (Lipinski definition) is 2. The van der Waals surface area contributed by atoms with Gasteiger partial charge < -0.3 is 52.0 Å². The highest BCUT2D eigenvalue weighted by Crippen LogP contribution is 2.24. The lowest BCUT2D eigenvalue weighted by Gasteiger charge is -2.07. The van der Waals surface area contributed by atoms with Crippen molar-refractivity contribution in [2.75, 3.05) is 0 Å². The van der Waals surface area contributed by atoms with Gasteiger partial charge >= 0.3 is 11.9 Å². The first kappa shape index (κ1) is 51.4. The summed E-state index contributed by atoms with van der Waals surface area (Å²) in [6.45, 7) is 19.7. The van der Waals surface area contributed by atoms with Crippen molar-refractivity contribution >= 4 is 11.9 Å². The molecule has 0 spiro atoms. The van der Waals surface area contributed by atoms with Crippen molar-refractivity contribution in [3.8, 4) is 17.6 Å². The van der Waals surface area contributed by atoms with E-state index in [1.165, 1.54) is 38.2 Å². The van der Waals surface area contributed by atoms with Gasteiger partial charge in [-0.15, -0.1) is 13.2 Å². The number of aliphatic hydroxyl groups is 2. The van der Waals surface area contributed by atoms with Crippen LogP contribution in [0.25, 0.3) is 0 Å². The molecule has 7 rings (SSSR count). The van der Waals surface area contributed by atoms with E-state index in [0.29, 0.717) is 60.5 Å². The van der Waals surface area contributed by atoms with Crippen LogP contribution in [0.15, 0.2) is 184 Å². The third kappa shape index (κ3) is 18.4. The molecule has 17 nitrogen and oxygen atoms in total. The molecule has 67 heavy (non-hydrogen) atoms. The molecular formula is C50H52N4O13. The van der Waals surface area contributed by atoms with E-state index in [0.717, 1.165) is 22.4 Å². The van der Waals surface area contributed by atoms with E-state index in [4.69, 9.17) is 41.8 Å². The lowest BCUT2D eigenvalue weighted by Crippen LogP contribution is -2.04. The van der Waals surface area contributed by atoms with E-state index < -0.39 is 30.4 Å². The number of hydrogen-bond acceptors (Lipinski definition) is 17. The maximum Gasteiger partial charge on any atom is 0.303 e. The Balaban J connectivity index is 0.000000197. The molecule has 0 unspecified atom stereocenters. The molecule has 7 aromatic rings. The first-order chi connectivity index (χ1) is 32.4. The molecule has 0 radical (unpaired) electrons. The second-order valence-electron chi connectivity index (χ2n) is 13.8. The van der Waals surface area contributed by atoms with E-state index in [2.05, 4.69) is 46.9 Å². The van der Waals surface area contributed by atoms with Gasteiger partial charge in [-0.05, 0) is 51.2 Å². The summed E-state index contributed by atoms with van der Waals surface area (Å²) >= 11 is 0. The quantitative estimate of drug-likeness (QED) is 0.0568. The molecule has 17 heteroatoms. The molecule has 0 saturated heterocycles. The Labute approximate surface area is 387 Å². The van der Waals surface area contributed by atoms with Crippen LogP contribution in [0.5, 0.6) is 17.6 Å². The minimum Gasteiger partial charge on any atom is -0.471 e. The summed E-state index contributed by atoms with van der Waals surface area (Å²) in [7, 11) is 0. The number of carbonyl (C=O) groups is 2. The van der Waals surface area contributed by atoms with Crippen LogP contribution >= 0.6 is 0 Å². The molecule has 3 aromatic carbocycles. The van der Waals surface area contributed by atoms with Gasteiger partial charge in [-0.1, -0.05) is 121 Å². The van der Waals surface area contributed by atoms with Gasteiger partial charge in [0, 0.05) is 38.1 Å². The summed E-state index contributed by atoms with van der Waals surface area (Å²) < 4.78 is 46.1. The Morgan fingerprint density at radius 1 is 0.507 bits per heavy atom. The molecule has 2 N–H and O–H groups in total. The SMILES string of the molecule is C=C[C@@H](O)c1cc(OCc2ccccc2)no1.C=C[C@@H](OC(C)=O)c1cc(OCc2ccccc2)no1.C=C[C@H](O)c1cc(OCc2ccccc2)no1.C=C[C@H](OC(C)=O)c1cc(C)no1. The van der Waals surface area contributed by atoms with Gasteiger partial charge in [0.2, 0.25) is 0 Å². The number of rotatable bonds is 19. The zero-order valence-corrected chi connectivity index (χ0v) is 37.2. The van der Waals surface area contributed by atoms with Crippen LogP contribution in [-0.4, -0.2) is 42.8 Å². The average Bonchev–Trinajstić information content (AvgIpc) is 4.21. The monoisotopic (exact) mass is 916 g/mol. The number of aliphatic hydroxyl groups excluding tert-OH is 2. The van der Waals surface area contributed by atoms with Crippen LogP contribution in [0.3, 0.4) is 0 Å². The van der Waals surface area contributed by atoms with Crippen molar-refractivity contribution in [1.82, 2.24) is 20.6 Å². The third-order valence-corrected chi connectivity index (χ3v) is 8.46. The van der Waals surface area contributed by atoms with E-state index in [1.54, 1.807) is 31.2 Å². The molecule has 0 saturated carbocycles. The Bertz CT molecular complexity index is 2460. The van der Waals surface area contributed by atoms with Crippen LogP contribution < -0.4 is 14.2 Å². The smallest absolute Gasteiger partial charge is 0.303 e. The fraction of sp³-hybridized carbons (Fsp3) is 0.200. The summed E-state index contributed by atoms with van der Waals surface area (Å²) in [5, 5.41) is 33.7. The second kappa shape index (κ2) is 27.8. The van der Waals surface area contributed by atoms with Crippen molar-refractivity contribution in [1.29, 1.82) is 0 Å². The van der Waals surface area contributed by atoms with Crippen molar-refractivity contribution in [2.45, 2.75) is 65.0 Å². The highest BCUT2D eigenvalue weighted by molar-refractivity contribution is 5.66. The maximum atomic E-state index is 10.9. The summed E-state index contributed by atoms with van der Waals surface area (Å²) in [4.78, 5) is 21.6. The number of esters is 2. The highest BCUT2D eigenvalue weighted by atomic mass is 16.6. The number of nitrogens with zero attached hydrogens (tertiary/aromatic N) is 4. The fourth-order valence-corrected chi connectivity index (χ4v) is 5.18. The second-order valence-corrected chi connectivity index (χ2v) is 13.8. The van der Waals surface area contributed by atoms with Gasteiger partial charge in [-0.2, -0.15) is 0 Å². The lowest BCUT2D eigenvalue weighted by molar-refractivity contribution is -0.146. The molecular weight excluding hydrogens is 865 g/mol. The first-order valence-electron chi connectivity index (χ1n) is 20.4. The zero-order chi connectivity index (χ0) is 48.4. The first-order valence-corrected chi connectivity index (χ1v) is 20.4. The number of aromatic nitrogens is 4. The largest absolute Gasteiger partial charge is 0.471 e. The third-order valence-electron chi connectivity index (χ3n) is 8.46. The standard InChI is InChI=1S/C15H15NO4.2C13H13NO3.C9H11NO3/c1-3-13(19-11(2)17)14-9-15(16-20-14)18-10-12-7-5-4-6-8-12;2*1-2-11(15)12-8-13(14-17-12)16-9-10-6-4-3-5-7-10;1-4-8(12-7(3)11)9-5-6(2)10-13-9/h3-9,13H,1,10H2,2H3;2*2-8,11,15H,1,9H2;4-5,8H,1H2,2-3H3/t13-;2*11-;8-/m1100/s1. The Morgan fingerprint density at radius 3 is 1.12 bits per heavy atom. The van der Waals surface area contributed by atoms with E-state index in [9.17, 15) is 19.8 Å². The van der Waals surface area contributed by atoms with Gasteiger partial charge in [0.1, 0.15) is 32.0 Å². The molecule has 4 heterocycles. The summed E-state index contributed by atoms with van der Waals surface area (Å²) in [6, 6.07) is 35.6. The van der Waals surface area contributed by atoms with Gasteiger partial charge in [-0.3, -0.25) is 9.59 Å². The minimum atomic E-state index is -0.850. The van der Waals surface area contributed by atoms with Crippen LogP contribution in [0.4, 0.5) is 0 Å². The van der Waals surface area contributed by atoms with Gasteiger partial charge in [0.25, 0.3) is 17.6 Å². The number of carbonyl (C=O) groups excluding carboxylic acids is 2. The zero-order valence-electron chi connectivity index (χ0n) is 37.2. The van der Waals surface area contributed by atoms with Crippen LogP contribution in [0.1, 0.15) is 83.7 Å². The predicted molar refractivity (Wildman–Crippen MR) is 243 cm³/mol. The molecule has 0 aliphatic carbocycles. The van der Waals surface area contributed by atoms with Crippen molar-refractivity contribution in [3.63, 3.8) is 0 Å². The molecule has 350 valence electrons. The summed E-state index contributed by atoms with van der Waals surface area (Å²) in [6.07, 6.45) is 2.77. The number of ether oxygens (including phenoxy) is 5. The average molecular weight is 917 g/mol. The predicted octanol–water partition coefficient (Wildman–Crippen LogP) is 9.76. The van der Waals surface area contributed by atoms with E-state index in [-0.39, 0.29) is 5.97 Å². The highest BCUT2D eigenvalue weighted by Gasteiger charge is 2.18. The van der Waals surface area contributed by atoms with Gasteiger partial charge in [-0.25, -0.2) is 0 Å². The van der Waals surface area contributed by atoms with E-state index in [1.807, 2.05) is 91.0 Å². The van der Waals surface area contributed by atoms with Gasteiger partial charge in [0.05, 0.1) is 5.69 Å². The summed E-state index contributed by atoms with van der Waals surface area (Å²) in [5.74, 6) is 1.75. The molecule has 4 aromatic heterocycles. The molecule has 4 atom stereocenters. The van der Waals surface area contributed by atoms with Crippen LogP contribution in [0, 0.1) is 6.92 Å². The number of benzene rings is 3. The molecule has 0 bridgehead atoms. The maximum absolute atomic E-state index is 10.9. The van der Waals surface area contributed by atoms with Crippen molar-refractivity contribution in [3.05, 3.63) is 211 Å². The molecule has 0 aliphatic rings. The summed E-state index contributed by atoms with van der Waals surface area (Å²) in [5.41, 5.74) is 3.86. The normalized spacial score (nSPS) is 12.0. The van der Waals surface area contributed by atoms with E-state index >= 15 is 0 Å². The van der Waals surface area contributed by atoms with Crippen molar-refractivity contribution < 1.29 is 61.6 Å². The van der Waals surface area contributed by atoms with Crippen LogP contribution in [-0.2, 0) is 38.9 Å². The molecule has 0 fully saturated rings. The molecule has 0 amide bonds. The lowest BCUT2D eigenvalue weighted by atomic mass is 10.2. The Hall–Kier alpha value is -8.28. The molecule has 0 aliphatic heterocycles. The van der Waals surface area contributed by atoms with Gasteiger partial charge in [0.15, 0.2) is 35.2 Å². The Morgan fingerprint density at radius 2 is 0.821 bits per heavy atom. The van der Waals surface area contributed by atoms with Crippen molar-refractivity contribution in [2.24, 2.45) is 0 Å². The van der Waals surface area contributed by atoms with Crippen LogP contribution in [0.2, 0.25) is 0 Å². The Kier molecular flexibility index (Phi) is 21.3. The topological polar surface area (TPSA) is 225 Å². The minimum absolute atomic E-state index is 0.322. The fourth-order valence-electron chi connectivity index (χ4n) is 5.18. The number of aryl methyl sites for hydroxylation is 1.